The first-order valence-corrected chi connectivity index (χ1v) is 6.92. The van der Waals surface area contributed by atoms with Gasteiger partial charge in [0.2, 0.25) is 10.0 Å². The van der Waals surface area contributed by atoms with Crippen molar-refractivity contribution in [1.82, 2.24) is 9.29 Å². The molecule has 100 valence electrons. The van der Waals surface area contributed by atoms with Crippen LogP contribution in [0, 0.1) is 0 Å². The lowest BCUT2D eigenvalue weighted by molar-refractivity contribution is 0.0109. The molecule has 1 aromatic heterocycles. The van der Waals surface area contributed by atoms with Crippen LogP contribution in [0.1, 0.15) is 0 Å². The van der Waals surface area contributed by atoms with Crippen LogP contribution in [0.2, 0.25) is 0 Å². The fourth-order valence-corrected chi connectivity index (χ4v) is 3.50. The Kier molecular flexibility index (Phi) is 3.81. The van der Waals surface area contributed by atoms with Crippen molar-refractivity contribution in [2.24, 2.45) is 0 Å². The third-order valence-electron chi connectivity index (χ3n) is 2.77. The van der Waals surface area contributed by atoms with Crippen LogP contribution in [-0.2, 0) is 14.8 Å². The maximum atomic E-state index is 12.4. The van der Waals surface area contributed by atoms with Crippen LogP contribution in [-0.4, -0.2) is 55.2 Å². The molecule has 1 atom stereocenters. The number of pyridine rings is 1. The molecule has 0 saturated carbocycles. The summed E-state index contributed by atoms with van der Waals surface area (Å²) in [5, 5.41) is 9.21. The first-order chi connectivity index (χ1) is 8.57. The Morgan fingerprint density at radius 1 is 1.61 bits per heavy atom. The van der Waals surface area contributed by atoms with Gasteiger partial charge in [0, 0.05) is 12.7 Å². The molecule has 0 aliphatic carbocycles. The zero-order valence-electron chi connectivity index (χ0n) is 9.69. The predicted octanol–water partition coefficient (Wildman–Crippen LogP) is -0.954. The van der Waals surface area contributed by atoms with Gasteiger partial charge in [0.15, 0.2) is 0 Å². The highest BCUT2D eigenvalue weighted by Gasteiger charge is 2.34. The van der Waals surface area contributed by atoms with Gasteiger partial charge < -0.3 is 15.6 Å². The van der Waals surface area contributed by atoms with Crippen LogP contribution in [0.5, 0.6) is 0 Å². The van der Waals surface area contributed by atoms with E-state index in [4.69, 9.17) is 10.5 Å². The van der Waals surface area contributed by atoms with E-state index in [9.17, 15) is 13.5 Å². The molecular weight excluding hydrogens is 258 g/mol. The largest absolute Gasteiger partial charge is 0.395 e. The van der Waals surface area contributed by atoms with Crippen LogP contribution in [0.3, 0.4) is 0 Å². The van der Waals surface area contributed by atoms with E-state index in [2.05, 4.69) is 4.98 Å². The molecule has 0 aromatic carbocycles. The van der Waals surface area contributed by atoms with E-state index in [-0.39, 0.29) is 30.5 Å². The van der Waals surface area contributed by atoms with Crippen molar-refractivity contribution in [3.05, 3.63) is 18.3 Å². The van der Waals surface area contributed by atoms with Crippen molar-refractivity contribution in [3.63, 3.8) is 0 Å². The number of rotatable bonds is 3. The molecule has 1 saturated heterocycles. The van der Waals surface area contributed by atoms with Crippen molar-refractivity contribution in [2.75, 3.05) is 32.1 Å². The first kappa shape index (κ1) is 13.2. The van der Waals surface area contributed by atoms with Crippen LogP contribution >= 0.6 is 0 Å². The van der Waals surface area contributed by atoms with Gasteiger partial charge in [-0.1, -0.05) is 0 Å². The number of sulfonamides is 1. The maximum absolute atomic E-state index is 12.4. The third-order valence-corrected chi connectivity index (χ3v) is 4.77. The van der Waals surface area contributed by atoms with Crippen molar-refractivity contribution in [2.45, 2.75) is 10.9 Å². The zero-order valence-corrected chi connectivity index (χ0v) is 10.5. The highest BCUT2D eigenvalue weighted by Crippen LogP contribution is 2.23. The number of nitrogens with zero attached hydrogens (tertiary/aromatic N) is 2. The normalized spacial score (nSPS) is 21.9. The Labute approximate surface area is 105 Å². The van der Waals surface area contributed by atoms with Crippen molar-refractivity contribution in [3.8, 4) is 0 Å². The van der Waals surface area contributed by atoms with Gasteiger partial charge in [0.1, 0.15) is 10.7 Å². The number of aliphatic hydroxyl groups excluding tert-OH is 1. The van der Waals surface area contributed by atoms with Crippen molar-refractivity contribution < 1.29 is 18.3 Å². The van der Waals surface area contributed by atoms with Crippen molar-refractivity contribution in [1.29, 1.82) is 0 Å². The summed E-state index contributed by atoms with van der Waals surface area (Å²) in [5.41, 5.74) is 5.59. The molecule has 3 N–H and O–H groups in total. The molecule has 18 heavy (non-hydrogen) atoms. The highest BCUT2D eigenvalue weighted by atomic mass is 32.2. The summed E-state index contributed by atoms with van der Waals surface area (Å²) in [6.45, 7) is 0.382. The SMILES string of the molecule is Nc1ncccc1S(=O)(=O)N1CCOCC1CO. The molecule has 1 aromatic rings. The number of ether oxygens (including phenoxy) is 1. The number of nitrogen functional groups attached to an aromatic ring is 1. The van der Waals surface area contributed by atoms with Gasteiger partial charge in [-0.3, -0.25) is 0 Å². The number of aromatic nitrogens is 1. The second kappa shape index (κ2) is 5.19. The Hall–Kier alpha value is -1.22. The molecule has 0 radical (unpaired) electrons. The summed E-state index contributed by atoms with van der Waals surface area (Å²) in [6.07, 6.45) is 1.43. The lowest BCUT2D eigenvalue weighted by atomic mass is 10.3. The molecule has 0 amide bonds. The van der Waals surface area contributed by atoms with Gasteiger partial charge in [0.25, 0.3) is 0 Å². The number of hydrogen-bond acceptors (Lipinski definition) is 6. The quantitative estimate of drug-likeness (QED) is 0.735. The van der Waals surface area contributed by atoms with Crippen LogP contribution < -0.4 is 5.73 Å². The van der Waals surface area contributed by atoms with E-state index >= 15 is 0 Å². The standard InChI is InChI=1S/C10H15N3O4S/c11-10-9(2-1-3-12-10)18(15,16)13-4-5-17-7-8(13)6-14/h1-3,8,14H,4-7H2,(H2,11,12). The van der Waals surface area contributed by atoms with Crippen LogP contribution in [0.4, 0.5) is 5.82 Å². The summed E-state index contributed by atoms with van der Waals surface area (Å²) < 4.78 is 31.2. The summed E-state index contributed by atoms with van der Waals surface area (Å²) in [6, 6.07) is 2.34. The minimum Gasteiger partial charge on any atom is -0.395 e. The smallest absolute Gasteiger partial charge is 0.247 e. The number of anilines is 1. The van der Waals surface area contributed by atoms with Gasteiger partial charge in [-0.15, -0.1) is 0 Å². The molecule has 1 unspecified atom stereocenters. The monoisotopic (exact) mass is 273 g/mol. The average molecular weight is 273 g/mol. The molecular formula is C10H15N3O4S. The minimum absolute atomic E-state index is 0.0367. The van der Waals surface area contributed by atoms with Gasteiger partial charge >= 0.3 is 0 Å². The van der Waals surface area contributed by atoms with Crippen LogP contribution in [0.25, 0.3) is 0 Å². The predicted molar refractivity (Wildman–Crippen MR) is 64.2 cm³/mol. The number of hydrogen-bond donors (Lipinski definition) is 2. The first-order valence-electron chi connectivity index (χ1n) is 5.48. The number of morpholine rings is 1. The molecule has 8 heteroatoms. The minimum atomic E-state index is -3.75. The third kappa shape index (κ3) is 2.32. The van der Waals surface area contributed by atoms with Gasteiger partial charge in [-0.05, 0) is 12.1 Å². The topological polar surface area (TPSA) is 106 Å². The van der Waals surface area contributed by atoms with Gasteiger partial charge in [-0.2, -0.15) is 4.31 Å². The lowest BCUT2D eigenvalue weighted by Crippen LogP contribution is -2.50. The second-order valence-electron chi connectivity index (χ2n) is 3.91. The maximum Gasteiger partial charge on any atom is 0.247 e. The Balaban J connectivity index is 2.39. The molecule has 1 aliphatic rings. The van der Waals surface area contributed by atoms with Gasteiger partial charge in [-0.25, -0.2) is 13.4 Å². The summed E-state index contributed by atoms with van der Waals surface area (Å²) in [7, 11) is -3.75. The van der Waals surface area contributed by atoms with Crippen LogP contribution in [0.15, 0.2) is 23.2 Å². The lowest BCUT2D eigenvalue weighted by Gasteiger charge is -2.33. The van der Waals surface area contributed by atoms with E-state index in [0.717, 1.165) is 0 Å². The molecule has 0 spiro atoms. The van der Waals surface area contributed by atoms with Gasteiger partial charge in [0.05, 0.1) is 25.9 Å². The van der Waals surface area contributed by atoms with E-state index < -0.39 is 16.1 Å². The van der Waals surface area contributed by atoms with E-state index in [1.807, 2.05) is 0 Å². The van der Waals surface area contributed by atoms with E-state index in [1.165, 1.54) is 22.6 Å². The Morgan fingerprint density at radius 3 is 3.06 bits per heavy atom. The van der Waals surface area contributed by atoms with Crippen molar-refractivity contribution >= 4 is 15.8 Å². The fraction of sp³-hybridized carbons (Fsp3) is 0.500. The molecule has 7 nitrogen and oxygen atoms in total. The van der Waals surface area contributed by atoms with E-state index in [0.29, 0.717) is 6.61 Å². The summed E-state index contributed by atoms with van der Waals surface area (Å²) in [4.78, 5) is 3.73. The number of aliphatic hydroxyl groups is 1. The summed E-state index contributed by atoms with van der Waals surface area (Å²) in [5.74, 6) is -0.0410. The summed E-state index contributed by atoms with van der Waals surface area (Å²) >= 11 is 0. The molecule has 2 rings (SSSR count). The number of nitrogens with two attached hydrogens (primary N) is 1. The van der Waals surface area contributed by atoms with E-state index in [1.54, 1.807) is 0 Å². The molecule has 0 bridgehead atoms. The Morgan fingerprint density at radius 2 is 2.39 bits per heavy atom. The molecule has 1 aliphatic heterocycles. The molecule has 1 fully saturated rings. The second-order valence-corrected chi connectivity index (χ2v) is 5.77. The Bertz CT molecular complexity index is 520. The zero-order chi connectivity index (χ0) is 13.2. The fourth-order valence-electron chi connectivity index (χ4n) is 1.85. The highest BCUT2D eigenvalue weighted by molar-refractivity contribution is 7.89. The average Bonchev–Trinajstić information content (AvgIpc) is 2.39. The molecule has 2 heterocycles.